The number of anilines is 2. The van der Waals surface area contributed by atoms with Crippen molar-refractivity contribution in [3.05, 3.63) is 48.0 Å². The summed E-state index contributed by atoms with van der Waals surface area (Å²) >= 11 is 0. The van der Waals surface area contributed by atoms with E-state index in [-0.39, 0.29) is 5.60 Å². The van der Waals surface area contributed by atoms with E-state index in [1.54, 1.807) is 6.07 Å². The van der Waals surface area contributed by atoms with Crippen LogP contribution < -0.4 is 15.4 Å². The van der Waals surface area contributed by atoms with Gasteiger partial charge in [0, 0.05) is 6.54 Å². The smallest absolute Gasteiger partial charge is 0.174 e. The number of ether oxygens (including phenoxy) is 1. The molecule has 0 fully saturated rings. The molecule has 0 spiro atoms. The van der Waals surface area contributed by atoms with Gasteiger partial charge in [0.25, 0.3) is 0 Å². The molecule has 3 rings (SSSR count). The van der Waals surface area contributed by atoms with Gasteiger partial charge in [-0.15, -0.1) is 0 Å². The van der Waals surface area contributed by atoms with Gasteiger partial charge in [-0.25, -0.2) is 4.98 Å². The van der Waals surface area contributed by atoms with E-state index in [2.05, 4.69) is 48.0 Å². The number of hydrogen-bond acceptors (Lipinski definition) is 4. The van der Waals surface area contributed by atoms with E-state index in [9.17, 15) is 0 Å². The van der Waals surface area contributed by atoms with Crippen molar-refractivity contribution >= 4 is 11.6 Å². The van der Waals surface area contributed by atoms with Crippen LogP contribution in [0.4, 0.5) is 11.6 Å². The Morgan fingerprint density at radius 1 is 1.20 bits per heavy atom. The highest BCUT2D eigenvalue weighted by atomic mass is 16.5. The van der Waals surface area contributed by atoms with Gasteiger partial charge in [-0.3, -0.25) is 0 Å². The monoisotopic (exact) mass is 269 g/mol. The van der Waals surface area contributed by atoms with Crippen LogP contribution in [0.2, 0.25) is 0 Å². The molecule has 20 heavy (non-hydrogen) atoms. The van der Waals surface area contributed by atoms with Crippen molar-refractivity contribution in [3.8, 4) is 5.75 Å². The van der Waals surface area contributed by atoms with Crippen LogP contribution in [0.1, 0.15) is 19.4 Å². The van der Waals surface area contributed by atoms with E-state index >= 15 is 0 Å². The van der Waals surface area contributed by atoms with Crippen LogP contribution in [-0.4, -0.2) is 17.1 Å². The maximum absolute atomic E-state index is 5.98. The number of hydrogen-bond donors (Lipinski definition) is 1. The van der Waals surface area contributed by atoms with Crippen LogP contribution in [0.25, 0.3) is 0 Å². The largest absolute Gasteiger partial charge is 0.482 e. The summed E-state index contributed by atoms with van der Waals surface area (Å²) in [5, 5.41) is 0. The maximum Gasteiger partial charge on any atom is 0.174 e. The molecule has 104 valence electrons. The number of benzene rings is 1. The van der Waals surface area contributed by atoms with Crippen LogP contribution in [0.3, 0.4) is 0 Å². The third-order valence-electron chi connectivity index (χ3n) is 3.33. The number of aromatic nitrogens is 1. The van der Waals surface area contributed by atoms with E-state index in [0.717, 1.165) is 24.7 Å². The van der Waals surface area contributed by atoms with Gasteiger partial charge in [0.2, 0.25) is 0 Å². The fourth-order valence-corrected chi connectivity index (χ4v) is 2.56. The Kier molecular flexibility index (Phi) is 3.01. The summed E-state index contributed by atoms with van der Waals surface area (Å²) in [4.78, 5) is 6.66. The standard InChI is InChI=1S/C16H19N3O/c1-16(2)11-19(10-12-6-4-3-5-7-12)15-13(20-16)8-9-14(17)18-15/h3-9H,10-11H2,1-2H3,(H2,17,18). The number of nitrogen functional groups attached to an aromatic ring is 1. The maximum atomic E-state index is 5.98. The average molecular weight is 269 g/mol. The molecule has 2 heterocycles. The molecule has 1 aromatic heterocycles. The highest BCUT2D eigenvalue weighted by Crippen LogP contribution is 2.36. The van der Waals surface area contributed by atoms with Crippen LogP contribution in [0, 0.1) is 0 Å². The molecule has 1 aromatic carbocycles. The van der Waals surface area contributed by atoms with Crippen molar-refractivity contribution in [2.24, 2.45) is 0 Å². The predicted octanol–water partition coefficient (Wildman–Crippen LogP) is 2.84. The molecule has 0 aliphatic carbocycles. The van der Waals surface area contributed by atoms with Gasteiger partial charge in [-0.1, -0.05) is 30.3 Å². The number of nitrogens with zero attached hydrogens (tertiary/aromatic N) is 2. The first-order chi connectivity index (χ1) is 9.53. The van der Waals surface area contributed by atoms with Crippen LogP contribution >= 0.6 is 0 Å². The summed E-state index contributed by atoms with van der Waals surface area (Å²) in [5.74, 6) is 2.14. The summed E-state index contributed by atoms with van der Waals surface area (Å²) in [6, 6.07) is 14.0. The van der Waals surface area contributed by atoms with Gasteiger partial charge in [0.1, 0.15) is 11.4 Å². The van der Waals surface area contributed by atoms with E-state index < -0.39 is 0 Å². The van der Waals surface area contributed by atoms with Gasteiger partial charge >= 0.3 is 0 Å². The molecule has 0 saturated heterocycles. The Balaban J connectivity index is 1.96. The first kappa shape index (κ1) is 12.8. The highest BCUT2D eigenvalue weighted by molar-refractivity contribution is 5.58. The Hall–Kier alpha value is -2.23. The summed E-state index contributed by atoms with van der Waals surface area (Å²) in [5.41, 5.74) is 6.83. The third kappa shape index (κ3) is 2.54. The number of rotatable bonds is 2. The van der Waals surface area contributed by atoms with Crippen LogP contribution in [0.5, 0.6) is 5.75 Å². The Morgan fingerprint density at radius 3 is 2.70 bits per heavy atom. The first-order valence-electron chi connectivity index (χ1n) is 6.78. The fraction of sp³-hybridized carbons (Fsp3) is 0.312. The first-order valence-corrected chi connectivity index (χ1v) is 6.78. The lowest BCUT2D eigenvalue weighted by Gasteiger charge is -2.40. The molecule has 0 atom stereocenters. The van der Waals surface area contributed by atoms with Gasteiger partial charge in [0.15, 0.2) is 11.6 Å². The van der Waals surface area contributed by atoms with E-state index in [4.69, 9.17) is 10.5 Å². The Morgan fingerprint density at radius 2 is 1.95 bits per heavy atom. The summed E-state index contributed by atoms with van der Waals surface area (Å²) in [6.07, 6.45) is 0. The molecular formula is C16H19N3O. The minimum Gasteiger partial charge on any atom is -0.482 e. The minimum atomic E-state index is -0.237. The normalized spacial score (nSPS) is 16.4. The van der Waals surface area contributed by atoms with Gasteiger partial charge in [-0.2, -0.15) is 0 Å². The average Bonchev–Trinajstić information content (AvgIpc) is 2.40. The number of fused-ring (bicyclic) bond motifs is 1. The van der Waals surface area contributed by atoms with Crippen molar-refractivity contribution < 1.29 is 4.74 Å². The molecule has 0 amide bonds. The zero-order valence-corrected chi connectivity index (χ0v) is 11.8. The molecule has 2 aromatic rings. The minimum absolute atomic E-state index is 0.237. The highest BCUT2D eigenvalue weighted by Gasteiger charge is 2.32. The second-order valence-electron chi connectivity index (χ2n) is 5.76. The van der Waals surface area contributed by atoms with Crippen LogP contribution in [-0.2, 0) is 6.54 Å². The molecule has 4 heteroatoms. The lowest BCUT2D eigenvalue weighted by molar-refractivity contribution is 0.103. The zero-order chi connectivity index (χ0) is 14.2. The number of nitrogens with two attached hydrogens (primary N) is 1. The van der Waals surface area contributed by atoms with Crippen molar-refractivity contribution in [2.45, 2.75) is 26.0 Å². The molecule has 0 unspecified atom stereocenters. The summed E-state index contributed by atoms with van der Waals surface area (Å²) < 4.78 is 5.98. The van der Waals surface area contributed by atoms with Crippen molar-refractivity contribution in [3.63, 3.8) is 0 Å². The molecule has 0 radical (unpaired) electrons. The van der Waals surface area contributed by atoms with Gasteiger partial charge < -0.3 is 15.4 Å². The lowest BCUT2D eigenvalue weighted by Crippen LogP contribution is -2.47. The van der Waals surface area contributed by atoms with Gasteiger partial charge in [-0.05, 0) is 31.5 Å². The van der Waals surface area contributed by atoms with E-state index in [1.807, 2.05) is 12.1 Å². The van der Waals surface area contributed by atoms with Crippen molar-refractivity contribution in [2.75, 3.05) is 17.2 Å². The molecule has 1 aliphatic rings. The molecule has 1 aliphatic heterocycles. The van der Waals surface area contributed by atoms with Crippen molar-refractivity contribution in [1.82, 2.24) is 4.98 Å². The van der Waals surface area contributed by atoms with Crippen molar-refractivity contribution in [1.29, 1.82) is 0 Å². The Labute approximate surface area is 119 Å². The summed E-state index contributed by atoms with van der Waals surface area (Å²) in [6.45, 7) is 5.76. The topological polar surface area (TPSA) is 51.4 Å². The van der Waals surface area contributed by atoms with Gasteiger partial charge in [0.05, 0.1) is 6.54 Å². The fourth-order valence-electron chi connectivity index (χ4n) is 2.56. The van der Waals surface area contributed by atoms with Crippen LogP contribution in [0.15, 0.2) is 42.5 Å². The predicted molar refractivity (Wildman–Crippen MR) is 80.8 cm³/mol. The van der Waals surface area contributed by atoms with E-state index in [0.29, 0.717) is 5.82 Å². The molecular weight excluding hydrogens is 250 g/mol. The number of pyridine rings is 1. The van der Waals surface area contributed by atoms with E-state index in [1.165, 1.54) is 5.56 Å². The molecule has 0 bridgehead atoms. The molecule has 2 N–H and O–H groups in total. The second-order valence-corrected chi connectivity index (χ2v) is 5.76. The zero-order valence-electron chi connectivity index (χ0n) is 11.8. The lowest BCUT2D eigenvalue weighted by atomic mass is 10.1. The quantitative estimate of drug-likeness (QED) is 0.910. The molecule has 4 nitrogen and oxygen atoms in total. The SMILES string of the molecule is CC1(C)CN(Cc2ccccc2)c2nc(N)ccc2O1. The second kappa shape index (κ2) is 4.71. The Bertz CT molecular complexity index is 610. The molecule has 0 saturated carbocycles. The summed E-state index contributed by atoms with van der Waals surface area (Å²) in [7, 11) is 0. The third-order valence-corrected chi connectivity index (χ3v) is 3.33.